The van der Waals surface area contributed by atoms with Crippen LogP contribution >= 0.6 is 11.3 Å². The molecule has 37 heavy (non-hydrogen) atoms. The summed E-state index contributed by atoms with van der Waals surface area (Å²) in [6.07, 6.45) is 4.86. The molecule has 2 aromatic heterocycles. The van der Waals surface area contributed by atoms with Crippen LogP contribution in [0.2, 0.25) is 0 Å². The fourth-order valence-electron chi connectivity index (χ4n) is 4.32. The van der Waals surface area contributed by atoms with Gasteiger partial charge in [0.1, 0.15) is 28.5 Å². The molecule has 1 fully saturated rings. The maximum atomic E-state index is 14.1. The number of nitrogens with zero attached hydrogens (tertiary/aromatic N) is 2. The summed E-state index contributed by atoms with van der Waals surface area (Å²) in [5.41, 5.74) is 1.11. The molecule has 3 N–H and O–H groups in total. The minimum Gasteiger partial charge on any atom is -0.488 e. The summed E-state index contributed by atoms with van der Waals surface area (Å²) >= 11 is 1.13. The number of aliphatic hydroxyl groups excluding tert-OH is 1. The molecule has 2 heterocycles. The minimum atomic E-state index is -1.19. The van der Waals surface area contributed by atoms with E-state index in [2.05, 4.69) is 25.3 Å². The zero-order chi connectivity index (χ0) is 26.5. The summed E-state index contributed by atoms with van der Waals surface area (Å²) in [6.45, 7) is 1.14. The highest BCUT2D eigenvalue weighted by molar-refractivity contribution is 7.20. The SMILES string of the molecule is COC(=O)C(CO)NC(=O)c1sc2ncnc(Nc3ccc(F)cc3O[C@H]3CC[C@H](OC)CC3)c2c1C. The van der Waals surface area contributed by atoms with Gasteiger partial charge in [0.2, 0.25) is 0 Å². The highest BCUT2D eigenvalue weighted by Gasteiger charge is 2.26. The highest BCUT2D eigenvalue weighted by Crippen LogP contribution is 2.37. The molecule has 1 aromatic carbocycles. The van der Waals surface area contributed by atoms with Crippen molar-refractivity contribution in [1.82, 2.24) is 15.3 Å². The van der Waals surface area contributed by atoms with Crippen molar-refractivity contribution in [1.29, 1.82) is 0 Å². The van der Waals surface area contributed by atoms with Crippen LogP contribution in [0.1, 0.15) is 40.9 Å². The number of halogens is 1. The van der Waals surface area contributed by atoms with Crippen LogP contribution in [-0.2, 0) is 14.3 Å². The molecule has 198 valence electrons. The molecule has 1 atom stereocenters. The van der Waals surface area contributed by atoms with E-state index in [0.717, 1.165) is 37.0 Å². The van der Waals surface area contributed by atoms with Crippen LogP contribution in [0.4, 0.5) is 15.9 Å². The molecule has 1 unspecified atom stereocenters. The first-order valence-corrected chi connectivity index (χ1v) is 12.7. The Labute approximate surface area is 217 Å². The number of hydrogen-bond donors (Lipinski definition) is 3. The number of anilines is 2. The number of carbonyl (C=O) groups excluding carboxylic acids is 2. The first-order valence-electron chi connectivity index (χ1n) is 11.8. The lowest BCUT2D eigenvalue weighted by atomic mass is 9.95. The first-order chi connectivity index (χ1) is 17.8. The molecule has 0 bridgehead atoms. The second-order valence-electron chi connectivity index (χ2n) is 8.71. The molecular formula is C25H29FN4O6S. The number of aryl methyl sites for hydroxylation is 1. The van der Waals surface area contributed by atoms with Crippen molar-refractivity contribution >= 4 is 44.9 Å². The average molecular weight is 533 g/mol. The number of rotatable bonds is 9. The van der Waals surface area contributed by atoms with Crippen LogP contribution in [0.5, 0.6) is 5.75 Å². The smallest absolute Gasteiger partial charge is 0.330 e. The van der Waals surface area contributed by atoms with Crippen molar-refractivity contribution < 1.29 is 33.3 Å². The van der Waals surface area contributed by atoms with Crippen LogP contribution in [0.15, 0.2) is 24.5 Å². The second-order valence-corrected chi connectivity index (χ2v) is 9.71. The number of methoxy groups -OCH3 is 2. The summed E-state index contributed by atoms with van der Waals surface area (Å²) in [7, 11) is 2.88. The molecule has 3 aromatic rings. The van der Waals surface area contributed by atoms with Gasteiger partial charge in [0.05, 0.1) is 41.9 Å². The predicted molar refractivity (Wildman–Crippen MR) is 136 cm³/mol. The Morgan fingerprint density at radius 2 is 1.92 bits per heavy atom. The normalized spacial score (nSPS) is 18.3. The number of esters is 1. The van der Waals surface area contributed by atoms with Crippen molar-refractivity contribution in [3.63, 3.8) is 0 Å². The van der Waals surface area contributed by atoms with Crippen LogP contribution in [0.3, 0.4) is 0 Å². The zero-order valence-electron chi connectivity index (χ0n) is 20.7. The van der Waals surface area contributed by atoms with Crippen molar-refractivity contribution in [2.75, 3.05) is 26.1 Å². The number of hydrogen-bond acceptors (Lipinski definition) is 10. The van der Waals surface area contributed by atoms with E-state index in [1.165, 1.54) is 25.6 Å². The molecule has 0 radical (unpaired) electrons. The van der Waals surface area contributed by atoms with Gasteiger partial charge in [0.25, 0.3) is 5.91 Å². The summed E-state index contributed by atoms with van der Waals surface area (Å²) in [5.74, 6) is -0.940. The molecule has 4 rings (SSSR count). The summed E-state index contributed by atoms with van der Waals surface area (Å²) in [4.78, 5) is 34.2. The monoisotopic (exact) mass is 532 g/mol. The number of thiophene rings is 1. The maximum absolute atomic E-state index is 14.1. The van der Waals surface area contributed by atoms with Gasteiger partial charge in [-0.25, -0.2) is 19.2 Å². The number of benzene rings is 1. The van der Waals surface area contributed by atoms with Crippen LogP contribution < -0.4 is 15.4 Å². The lowest BCUT2D eigenvalue weighted by Gasteiger charge is -2.28. The number of fused-ring (bicyclic) bond motifs is 1. The van der Waals surface area contributed by atoms with Crippen molar-refractivity contribution in [2.45, 2.75) is 50.9 Å². The van der Waals surface area contributed by atoms with Gasteiger partial charge in [0, 0.05) is 13.2 Å². The Kier molecular flexibility index (Phi) is 8.52. The number of aliphatic hydroxyl groups is 1. The van der Waals surface area contributed by atoms with Crippen molar-refractivity contribution in [3.05, 3.63) is 40.8 Å². The van der Waals surface area contributed by atoms with Gasteiger partial charge in [-0.1, -0.05) is 0 Å². The lowest BCUT2D eigenvalue weighted by molar-refractivity contribution is -0.143. The number of carbonyl (C=O) groups is 2. The van der Waals surface area contributed by atoms with E-state index in [4.69, 9.17) is 9.47 Å². The third-order valence-electron chi connectivity index (χ3n) is 6.35. The Morgan fingerprint density at radius 1 is 1.19 bits per heavy atom. The predicted octanol–water partition coefficient (Wildman–Crippen LogP) is 3.48. The standard InChI is InChI=1S/C25H29FN4O6S/c1-13-20-22(27-12-28-24(20)37-21(13)23(32)30-18(11-31)25(33)35-3)29-17-9-4-14(26)10-19(17)36-16-7-5-15(34-2)6-8-16/h4,9-10,12,15-16,18,31H,5-8,11H2,1-3H3,(H,30,32)(H,27,28,29)/t15-,16-,18?. The van der Waals surface area contributed by atoms with E-state index in [9.17, 15) is 19.1 Å². The number of aromatic nitrogens is 2. The lowest BCUT2D eigenvalue weighted by Crippen LogP contribution is -2.43. The molecule has 1 saturated carbocycles. The number of ether oxygens (including phenoxy) is 3. The van der Waals surface area contributed by atoms with Crippen LogP contribution in [0.25, 0.3) is 10.2 Å². The molecule has 1 aliphatic carbocycles. The average Bonchev–Trinajstić information content (AvgIpc) is 3.26. The fraction of sp³-hybridized carbons (Fsp3) is 0.440. The van der Waals surface area contributed by atoms with Gasteiger partial charge >= 0.3 is 5.97 Å². The van der Waals surface area contributed by atoms with Crippen LogP contribution in [-0.4, -0.2) is 66.0 Å². The molecule has 0 spiro atoms. The Bertz CT molecular complexity index is 1280. The molecule has 10 nitrogen and oxygen atoms in total. The minimum absolute atomic E-state index is 0.0633. The molecule has 1 amide bonds. The third kappa shape index (κ3) is 5.97. The van der Waals surface area contributed by atoms with E-state index in [-0.39, 0.29) is 12.2 Å². The molecule has 0 saturated heterocycles. The topological polar surface area (TPSA) is 132 Å². The quantitative estimate of drug-likeness (QED) is 0.354. The van der Waals surface area contributed by atoms with Gasteiger partial charge in [-0.3, -0.25) is 4.79 Å². The molecule has 0 aliphatic heterocycles. The summed E-state index contributed by atoms with van der Waals surface area (Å²) in [6, 6.07) is 3.06. The Hall–Kier alpha value is -3.35. The second kappa shape index (κ2) is 11.8. The van der Waals surface area contributed by atoms with E-state index in [1.807, 2.05) is 0 Å². The third-order valence-corrected chi connectivity index (χ3v) is 7.55. The highest BCUT2D eigenvalue weighted by atomic mass is 32.1. The molecule has 12 heteroatoms. The van der Waals surface area contributed by atoms with Crippen molar-refractivity contribution in [2.24, 2.45) is 0 Å². The molecule has 1 aliphatic rings. The largest absolute Gasteiger partial charge is 0.488 e. The van der Waals surface area contributed by atoms with E-state index in [0.29, 0.717) is 37.9 Å². The van der Waals surface area contributed by atoms with E-state index in [1.54, 1.807) is 20.1 Å². The van der Waals surface area contributed by atoms with E-state index < -0.39 is 30.3 Å². The number of nitrogens with one attached hydrogen (secondary N) is 2. The van der Waals surface area contributed by atoms with Gasteiger partial charge in [-0.15, -0.1) is 11.3 Å². The van der Waals surface area contributed by atoms with Gasteiger partial charge in [-0.2, -0.15) is 0 Å². The van der Waals surface area contributed by atoms with Gasteiger partial charge < -0.3 is 30.0 Å². The zero-order valence-corrected chi connectivity index (χ0v) is 21.6. The fourth-order valence-corrected chi connectivity index (χ4v) is 5.37. The van der Waals surface area contributed by atoms with Crippen molar-refractivity contribution in [3.8, 4) is 5.75 Å². The van der Waals surface area contributed by atoms with E-state index >= 15 is 0 Å². The molecular weight excluding hydrogens is 503 g/mol. The number of amides is 1. The summed E-state index contributed by atoms with van der Waals surface area (Å²) < 4.78 is 30.3. The Balaban J connectivity index is 1.60. The van der Waals surface area contributed by atoms with Gasteiger partial charge in [-0.05, 0) is 50.3 Å². The summed E-state index contributed by atoms with van der Waals surface area (Å²) in [5, 5.41) is 15.7. The first kappa shape index (κ1) is 26.7. The Morgan fingerprint density at radius 3 is 2.59 bits per heavy atom. The maximum Gasteiger partial charge on any atom is 0.330 e. The van der Waals surface area contributed by atoms with Gasteiger partial charge in [0.15, 0.2) is 6.04 Å². The van der Waals surface area contributed by atoms with Crippen LogP contribution in [0, 0.1) is 12.7 Å².